The zero-order valence-electron chi connectivity index (χ0n) is 14.0. The molecule has 1 fully saturated rings. The van der Waals surface area contributed by atoms with Crippen LogP contribution in [0.3, 0.4) is 0 Å². The average Bonchev–Trinajstić information content (AvgIpc) is 3.44. The molecule has 0 aromatic heterocycles. The van der Waals surface area contributed by atoms with E-state index in [1.807, 2.05) is 5.32 Å². The molecule has 8 heteroatoms. The summed E-state index contributed by atoms with van der Waals surface area (Å²) in [7, 11) is 0. The molecule has 0 heterocycles. The Morgan fingerprint density at radius 3 is 2.26 bits per heavy atom. The van der Waals surface area contributed by atoms with Gasteiger partial charge in [0, 0.05) is 17.7 Å². The Morgan fingerprint density at radius 1 is 1.07 bits per heavy atom. The number of aliphatic hydroxyl groups is 1. The minimum Gasteiger partial charge on any atom is -0.369 e. The van der Waals surface area contributed by atoms with Crippen LogP contribution in [-0.2, 0) is 16.9 Å². The van der Waals surface area contributed by atoms with E-state index in [9.17, 15) is 31.9 Å². The summed E-state index contributed by atoms with van der Waals surface area (Å²) < 4.78 is 67.3. The van der Waals surface area contributed by atoms with Crippen molar-refractivity contribution in [2.75, 3.05) is 0 Å². The molecule has 1 amide bonds. The molecular weight excluding hydrogens is 369 g/mol. The fourth-order valence-corrected chi connectivity index (χ4v) is 2.82. The van der Waals surface area contributed by atoms with Crippen LogP contribution < -0.4 is 5.32 Å². The number of alkyl halides is 3. The standard InChI is InChI=1S/C19H16F5NO2/c20-15-6-4-14(5-7-15)18(27,19(22,23)24)17(26)25-10-13-9-12(11-1-2-11)3-8-16(13)21/h3-9,11,27H,1-2,10H2,(H,25,26)/t18-/m0/s1. The summed E-state index contributed by atoms with van der Waals surface area (Å²) in [6.45, 7) is -0.523. The van der Waals surface area contributed by atoms with Gasteiger partial charge in [0.2, 0.25) is 0 Å². The zero-order chi connectivity index (χ0) is 19.8. The lowest BCUT2D eigenvalue weighted by atomic mass is 9.92. The number of amides is 1. The highest BCUT2D eigenvalue weighted by Crippen LogP contribution is 2.41. The third kappa shape index (κ3) is 3.80. The highest BCUT2D eigenvalue weighted by Gasteiger charge is 2.60. The second kappa shape index (κ2) is 6.92. The van der Waals surface area contributed by atoms with E-state index in [2.05, 4.69) is 0 Å². The van der Waals surface area contributed by atoms with Gasteiger partial charge in [0.25, 0.3) is 11.5 Å². The van der Waals surface area contributed by atoms with E-state index in [-0.39, 0.29) is 5.56 Å². The van der Waals surface area contributed by atoms with Crippen molar-refractivity contribution in [1.29, 1.82) is 0 Å². The Labute approximate surface area is 151 Å². The van der Waals surface area contributed by atoms with Gasteiger partial charge < -0.3 is 10.4 Å². The van der Waals surface area contributed by atoms with Crippen molar-refractivity contribution < 1.29 is 31.9 Å². The van der Waals surface area contributed by atoms with Crippen molar-refractivity contribution in [3.8, 4) is 0 Å². The highest BCUT2D eigenvalue weighted by atomic mass is 19.4. The van der Waals surface area contributed by atoms with Crippen molar-refractivity contribution in [3.63, 3.8) is 0 Å². The summed E-state index contributed by atoms with van der Waals surface area (Å²) in [6, 6.07) is 7.06. The molecule has 0 spiro atoms. The molecule has 144 valence electrons. The van der Waals surface area contributed by atoms with Gasteiger partial charge in [0.05, 0.1) is 0 Å². The van der Waals surface area contributed by atoms with E-state index in [1.54, 1.807) is 6.07 Å². The van der Waals surface area contributed by atoms with Crippen molar-refractivity contribution in [2.45, 2.75) is 37.1 Å². The van der Waals surface area contributed by atoms with Gasteiger partial charge >= 0.3 is 6.18 Å². The summed E-state index contributed by atoms with van der Waals surface area (Å²) in [6.07, 6.45) is -3.45. The third-order valence-corrected chi connectivity index (χ3v) is 4.56. The van der Waals surface area contributed by atoms with Crippen LogP contribution in [0.5, 0.6) is 0 Å². The Morgan fingerprint density at radius 2 is 1.70 bits per heavy atom. The van der Waals surface area contributed by atoms with Gasteiger partial charge in [0.1, 0.15) is 11.6 Å². The normalized spacial score (nSPS) is 16.7. The van der Waals surface area contributed by atoms with Gasteiger partial charge in [0.15, 0.2) is 0 Å². The lowest BCUT2D eigenvalue weighted by molar-refractivity contribution is -0.257. The lowest BCUT2D eigenvalue weighted by Gasteiger charge is -2.29. The van der Waals surface area contributed by atoms with Gasteiger partial charge in [-0.05, 0) is 42.5 Å². The molecule has 1 saturated carbocycles. The molecule has 0 saturated heterocycles. The van der Waals surface area contributed by atoms with Gasteiger partial charge in [-0.25, -0.2) is 8.78 Å². The Bertz CT molecular complexity index is 846. The summed E-state index contributed by atoms with van der Waals surface area (Å²) in [5.41, 5.74) is -3.84. The average molecular weight is 385 g/mol. The lowest BCUT2D eigenvalue weighted by Crippen LogP contribution is -2.54. The van der Waals surface area contributed by atoms with E-state index < -0.39 is 41.4 Å². The summed E-state index contributed by atoms with van der Waals surface area (Å²) in [4.78, 5) is 12.2. The van der Waals surface area contributed by atoms with Crippen LogP contribution >= 0.6 is 0 Å². The molecule has 3 rings (SSSR count). The Balaban J connectivity index is 1.83. The molecule has 1 atom stereocenters. The topological polar surface area (TPSA) is 49.3 Å². The minimum absolute atomic E-state index is 0.0244. The fourth-order valence-electron chi connectivity index (χ4n) is 2.82. The second-order valence-corrected chi connectivity index (χ2v) is 6.52. The SMILES string of the molecule is O=C(NCc1cc(C2CC2)ccc1F)[C@@](O)(c1ccc(F)cc1)C(F)(F)F. The molecule has 0 aliphatic heterocycles. The van der Waals surface area contributed by atoms with Crippen LogP contribution in [0, 0.1) is 11.6 Å². The minimum atomic E-state index is -5.36. The first kappa shape index (κ1) is 19.3. The maximum atomic E-state index is 13.9. The van der Waals surface area contributed by atoms with E-state index in [0.29, 0.717) is 30.2 Å². The zero-order valence-corrected chi connectivity index (χ0v) is 14.0. The van der Waals surface area contributed by atoms with E-state index in [0.717, 1.165) is 18.4 Å². The van der Waals surface area contributed by atoms with Crippen LogP contribution in [0.1, 0.15) is 35.4 Å². The Hall–Kier alpha value is -2.48. The Kier molecular flexibility index (Phi) is 4.94. The molecule has 27 heavy (non-hydrogen) atoms. The number of carbonyl (C=O) groups excluding carboxylic acids is 1. The largest absolute Gasteiger partial charge is 0.430 e. The number of nitrogens with one attached hydrogen (secondary N) is 1. The van der Waals surface area contributed by atoms with Gasteiger partial charge in [-0.2, -0.15) is 13.2 Å². The quantitative estimate of drug-likeness (QED) is 0.767. The smallest absolute Gasteiger partial charge is 0.369 e. The van der Waals surface area contributed by atoms with Crippen molar-refractivity contribution in [1.82, 2.24) is 5.32 Å². The maximum Gasteiger partial charge on any atom is 0.430 e. The predicted octanol–water partition coefficient (Wildman–Crippen LogP) is 3.91. The second-order valence-electron chi connectivity index (χ2n) is 6.52. The van der Waals surface area contributed by atoms with E-state index >= 15 is 0 Å². The number of benzene rings is 2. The molecule has 0 bridgehead atoms. The third-order valence-electron chi connectivity index (χ3n) is 4.56. The first-order valence-electron chi connectivity index (χ1n) is 8.24. The number of hydrogen-bond donors (Lipinski definition) is 2. The maximum absolute atomic E-state index is 13.9. The molecule has 0 unspecified atom stereocenters. The molecule has 2 aromatic carbocycles. The van der Waals surface area contributed by atoms with E-state index in [4.69, 9.17) is 0 Å². The first-order valence-corrected chi connectivity index (χ1v) is 8.24. The monoisotopic (exact) mass is 385 g/mol. The summed E-state index contributed by atoms with van der Waals surface area (Å²) in [5, 5.41) is 12.1. The van der Waals surface area contributed by atoms with Crippen LogP contribution in [-0.4, -0.2) is 17.2 Å². The fraction of sp³-hybridized carbons (Fsp3) is 0.316. The first-order chi connectivity index (χ1) is 12.6. The van der Waals surface area contributed by atoms with Crippen LogP contribution in [0.25, 0.3) is 0 Å². The molecule has 1 aliphatic rings. The van der Waals surface area contributed by atoms with Crippen molar-refractivity contribution in [3.05, 3.63) is 70.8 Å². The molecular formula is C19H16F5NO2. The van der Waals surface area contributed by atoms with Gasteiger partial charge in [-0.1, -0.05) is 24.3 Å². The van der Waals surface area contributed by atoms with Crippen molar-refractivity contribution >= 4 is 5.91 Å². The number of rotatable bonds is 5. The number of halogens is 5. The molecule has 1 aliphatic carbocycles. The van der Waals surface area contributed by atoms with Gasteiger partial charge in [-0.3, -0.25) is 4.79 Å². The molecule has 0 radical (unpaired) electrons. The highest BCUT2D eigenvalue weighted by molar-refractivity contribution is 5.87. The summed E-state index contributed by atoms with van der Waals surface area (Å²) >= 11 is 0. The van der Waals surface area contributed by atoms with Crippen LogP contribution in [0.4, 0.5) is 22.0 Å². The number of carbonyl (C=O) groups is 1. The summed E-state index contributed by atoms with van der Waals surface area (Å²) in [5.74, 6) is -2.95. The van der Waals surface area contributed by atoms with Crippen LogP contribution in [0.15, 0.2) is 42.5 Å². The van der Waals surface area contributed by atoms with Gasteiger partial charge in [-0.15, -0.1) is 0 Å². The van der Waals surface area contributed by atoms with E-state index in [1.165, 1.54) is 12.1 Å². The van der Waals surface area contributed by atoms with Crippen molar-refractivity contribution in [2.24, 2.45) is 0 Å². The predicted molar refractivity (Wildman–Crippen MR) is 86.6 cm³/mol. The molecule has 2 N–H and O–H groups in total. The molecule has 2 aromatic rings. The van der Waals surface area contributed by atoms with Crippen LogP contribution in [0.2, 0.25) is 0 Å². The molecule has 3 nitrogen and oxygen atoms in total. The number of hydrogen-bond acceptors (Lipinski definition) is 2.